The highest BCUT2D eigenvalue weighted by Crippen LogP contribution is 2.34. The number of likely N-dealkylation sites (tertiary alicyclic amines) is 1. The molecule has 2 heteroatoms. The van der Waals surface area contributed by atoms with Crippen molar-refractivity contribution >= 4 is 5.57 Å². The Kier molecular flexibility index (Phi) is 4.12. The van der Waals surface area contributed by atoms with Gasteiger partial charge >= 0.3 is 0 Å². The topological polar surface area (TPSA) is 23.5 Å². The summed E-state index contributed by atoms with van der Waals surface area (Å²) < 4.78 is 0. The summed E-state index contributed by atoms with van der Waals surface area (Å²) in [5.74, 6) is 0. The number of aliphatic hydroxyl groups is 1. The number of benzene rings is 1. The summed E-state index contributed by atoms with van der Waals surface area (Å²) in [6.45, 7) is 10.1. The van der Waals surface area contributed by atoms with Gasteiger partial charge in [-0.2, -0.15) is 0 Å². The smallest absolute Gasteiger partial charge is 0.0921 e. The number of rotatable bonds is 3. The van der Waals surface area contributed by atoms with E-state index in [1.54, 1.807) is 0 Å². The maximum Gasteiger partial charge on any atom is 0.0921 e. The fraction of sp³-hybridized carbons (Fsp3) is 0.529. The molecule has 0 bridgehead atoms. The second-order valence-electron chi connectivity index (χ2n) is 5.84. The zero-order chi connectivity index (χ0) is 14.0. The van der Waals surface area contributed by atoms with Crippen LogP contribution in [-0.2, 0) is 12.0 Å². The molecule has 1 N–H and O–H groups in total. The molecular weight excluding hydrogens is 234 g/mol. The van der Waals surface area contributed by atoms with Gasteiger partial charge in [0.2, 0.25) is 0 Å². The molecule has 1 aliphatic rings. The number of hydrogen-bond donors (Lipinski definition) is 1. The Morgan fingerprint density at radius 3 is 2.53 bits per heavy atom. The fourth-order valence-electron chi connectivity index (χ4n) is 2.87. The first kappa shape index (κ1) is 14.3. The Morgan fingerprint density at radius 1 is 1.37 bits per heavy atom. The van der Waals surface area contributed by atoms with Gasteiger partial charge in [-0.25, -0.2) is 0 Å². The van der Waals surface area contributed by atoms with Crippen molar-refractivity contribution in [3.63, 3.8) is 0 Å². The van der Waals surface area contributed by atoms with Crippen molar-refractivity contribution < 1.29 is 5.11 Å². The molecule has 19 heavy (non-hydrogen) atoms. The van der Waals surface area contributed by atoms with E-state index in [0.717, 1.165) is 43.5 Å². The summed E-state index contributed by atoms with van der Waals surface area (Å²) in [6.07, 6.45) is 2.62. The minimum Gasteiger partial charge on any atom is -0.385 e. The van der Waals surface area contributed by atoms with Gasteiger partial charge in [-0.15, -0.1) is 0 Å². The van der Waals surface area contributed by atoms with Crippen LogP contribution in [0.15, 0.2) is 24.8 Å². The van der Waals surface area contributed by atoms with Crippen LogP contribution in [0.1, 0.15) is 43.4 Å². The lowest BCUT2D eigenvalue weighted by Gasteiger charge is -2.37. The molecule has 0 spiro atoms. The van der Waals surface area contributed by atoms with Crippen LogP contribution in [0.25, 0.3) is 5.57 Å². The van der Waals surface area contributed by atoms with Crippen molar-refractivity contribution in [1.29, 1.82) is 0 Å². The van der Waals surface area contributed by atoms with Gasteiger partial charge in [0.1, 0.15) is 0 Å². The predicted octanol–water partition coefficient (Wildman–Crippen LogP) is 3.20. The van der Waals surface area contributed by atoms with Gasteiger partial charge in [0.15, 0.2) is 0 Å². The maximum absolute atomic E-state index is 10.9. The first-order valence-electron chi connectivity index (χ1n) is 7.16. The molecule has 1 aromatic rings. The quantitative estimate of drug-likeness (QED) is 0.901. The largest absolute Gasteiger partial charge is 0.385 e. The van der Waals surface area contributed by atoms with Crippen molar-refractivity contribution in [2.45, 2.75) is 38.7 Å². The Labute approximate surface area is 116 Å². The summed E-state index contributed by atoms with van der Waals surface area (Å²) in [5, 5.41) is 10.9. The van der Waals surface area contributed by atoms with Crippen molar-refractivity contribution in [2.24, 2.45) is 0 Å². The van der Waals surface area contributed by atoms with Crippen molar-refractivity contribution in [2.75, 3.05) is 20.1 Å². The molecule has 1 aromatic carbocycles. The van der Waals surface area contributed by atoms with Gasteiger partial charge in [0.25, 0.3) is 0 Å². The minimum atomic E-state index is -0.649. The van der Waals surface area contributed by atoms with E-state index < -0.39 is 5.60 Å². The van der Waals surface area contributed by atoms with E-state index >= 15 is 0 Å². The Bertz CT molecular complexity index is 470. The highest BCUT2D eigenvalue weighted by Gasteiger charge is 2.33. The van der Waals surface area contributed by atoms with E-state index in [2.05, 4.69) is 43.6 Å². The summed E-state index contributed by atoms with van der Waals surface area (Å²) in [7, 11) is 2.11. The Morgan fingerprint density at radius 2 is 2.00 bits per heavy atom. The van der Waals surface area contributed by atoms with E-state index in [0.29, 0.717) is 0 Å². The molecule has 0 atom stereocenters. The molecule has 0 amide bonds. The van der Waals surface area contributed by atoms with Gasteiger partial charge < -0.3 is 10.0 Å². The minimum absolute atomic E-state index is 0.649. The lowest BCUT2D eigenvalue weighted by molar-refractivity contribution is -0.0203. The van der Waals surface area contributed by atoms with Crippen molar-refractivity contribution in [3.8, 4) is 0 Å². The van der Waals surface area contributed by atoms with E-state index in [1.807, 2.05) is 6.92 Å². The molecule has 2 nitrogen and oxygen atoms in total. The number of nitrogens with zero attached hydrogens (tertiary/aromatic N) is 1. The molecule has 1 heterocycles. The van der Waals surface area contributed by atoms with Crippen LogP contribution in [0.4, 0.5) is 0 Å². The Hall–Kier alpha value is -1.12. The molecule has 0 radical (unpaired) electrons. The van der Waals surface area contributed by atoms with Crippen LogP contribution in [-0.4, -0.2) is 30.1 Å². The molecule has 1 fully saturated rings. The van der Waals surface area contributed by atoms with Crippen LogP contribution in [0, 0.1) is 0 Å². The van der Waals surface area contributed by atoms with E-state index in [1.165, 1.54) is 11.1 Å². The molecule has 0 aliphatic carbocycles. The summed E-state index contributed by atoms with van der Waals surface area (Å²) in [6, 6.07) is 6.37. The van der Waals surface area contributed by atoms with Crippen LogP contribution in [0.5, 0.6) is 0 Å². The molecular formula is C17H25NO. The summed E-state index contributed by atoms with van der Waals surface area (Å²) >= 11 is 0. The molecule has 1 aliphatic heterocycles. The molecule has 104 valence electrons. The normalized spacial score (nSPS) is 19.4. The third-order valence-corrected chi connectivity index (χ3v) is 4.30. The van der Waals surface area contributed by atoms with Gasteiger partial charge in [-0.1, -0.05) is 37.3 Å². The van der Waals surface area contributed by atoms with Gasteiger partial charge in [0, 0.05) is 13.1 Å². The average Bonchev–Trinajstić information content (AvgIpc) is 2.41. The number of hydrogen-bond acceptors (Lipinski definition) is 2. The second kappa shape index (κ2) is 5.48. The zero-order valence-corrected chi connectivity index (χ0v) is 12.4. The third kappa shape index (κ3) is 2.90. The van der Waals surface area contributed by atoms with E-state index in [-0.39, 0.29) is 0 Å². The van der Waals surface area contributed by atoms with E-state index in [9.17, 15) is 5.11 Å². The highest BCUT2D eigenvalue weighted by atomic mass is 16.3. The third-order valence-electron chi connectivity index (χ3n) is 4.30. The molecule has 1 saturated heterocycles. The molecule has 0 aromatic heterocycles. The number of allylic oxidation sites excluding steroid dienone is 1. The maximum atomic E-state index is 10.9. The standard InChI is InChI=1S/C17H25NO/c1-5-14-12-15(6-7-16(14)13(2)3)17(19)8-10-18(4)11-9-17/h6-7,12,19H,2,5,8-11H2,1,3-4H3. The lowest BCUT2D eigenvalue weighted by Crippen LogP contribution is -2.40. The van der Waals surface area contributed by atoms with Gasteiger partial charge in [0.05, 0.1) is 5.60 Å². The monoisotopic (exact) mass is 259 g/mol. The fourth-order valence-corrected chi connectivity index (χ4v) is 2.87. The molecule has 2 rings (SSSR count). The highest BCUT2D eigenvalue weighted by molar-refractivity contribution is 5.65. The van der Waals surface area contributed by atoms with Crippen molar-refractivity contribution in [3.05, 3.63) is 41.5 Å². The molecule has 0 saturated carbocycles. The Balaban J connectivity index is 2.33. The van der Waals surface area contributed by atoms with Gasteiger partial charge in [-0.05, 0) is 49.9 Å². The first-order chi connectivity index (χ1) is 8.96. The van der Waals surface area contributed by atoms with Crippen LogP contribution in [0.2, 0.25) is 0 Å². The van der Waals surface area contributed by atoms with Crippen LogP contribution >= 0.6 is 0 Å². The zero-order valence-electron chi connectivity index (χ0n) is 12.4. The van der Waals surface area contributed by atoms with E-state index in [4.69, 9.17) is 0 Å². The number of aryl methyl sites for hydroxylation is 1. The summed E-state index contributed by atoms with van der Waals surface area (Å²) in [5.41, 5.74) is 4.03. The second-order valence-corrected chi connectivity index (χ2v) is 5.84. The molecule has 0 unspecified atom stereocenters. The average molecular weight is 259 g/mol. The van der Waals surface area contributed by atoms with Gasteiger partial charge in [-0.3, -0.25) is 0 Å². The van der Waals surface area contributed by atoms with Crippen LogP contribution < -0.4 is 0 Å². The van der Waals surface area contributed by atoms with Crippen LogP contribution in [0.3, 0.4) is 0 Å². The SMILES string of the molecule is C=C(C)c1ccc(C2(O)CCN(C)CC2)cc1CC. The lowest BCUT2D eigenvalue weighted by atomic mass is 9.82. The summed E-state index contributed by atoms with van der Waals surface area (Å²) in [4.78, 5) is 2.28. The first-order valence-corrected chi connectivity index (χ1v) is 7.16. The predicted molar refractivity (Wildman–Crippen MR) is 81.2 cm³/mol. The number of piperidine rings is 1. The van der Waals surface area contributed by atoms with Crippen molar-refractivity contribution in [1.82, 2.24) is 4.90 Å².